The van der Waals surface area contributed by atoms with Crippen molar-refractivity contribution in [2.45, 2.75) is 25.5 Å². The van der Waals surface area contributed by atoms with Crippen LogP contribution in [-0.2, 0) is 16.0 Å². The highest BCUT2D eigenvalue weighted by molar-refractivity contribution is 5.77. The molecule has 2 unspecified atom stereocenters. The maximum absolute atomic E-state index is 12.0. The summed E-state index contributed by atoms with van der Waals surface area (Å²) in [7, 11) is 0. The Morgan fingerprint density at radius 1 is 1.60 bits per heavy atom. The summed E-state index contributed by atoms with van der Waals surface area (Å²) in [6.45, 7) is 2.56. The zero-order chi connectivity index (χ0) is 14.5. The van der Waals surface area contributed by atoms with Gasteiger partial charge in [0.15, 0.2) is 6.10 Å². The highest BCUT2D eigenvalue weighted by atomic mass is 16.5. The summed E-state index contributed by atoms with van der Waals surface area (Å²) in [5.41, 5.74) is 0. The van der Waals surface area contributed by atoms with Gasteiger partial charge in [0.2, 0.25) is 0 Å². The molecule has 1 aromatic heterocycles. The zero-order valence-electron chi connectivity index (χ0n) is 11.2. The molecule has 0 aliphatic carbocycles. The molecule has 1 aromatic rings. The summed E-state index contributed by atoms with van der Waals surface area (Å²) in [5, 5.41) is 11.7. The average molecular weight is 282 g/mol. The van der Waals surface area contributed by atoms with E-state index < -0.39 is 12.1 Å². The lowest BCUT2D eigenvalue weighted by Gasteiger charge is -2.31. The Hall–Kier alpha value is -2.02. The van der Waals surface area contributed by atoms with E-state index in [2.05, 4.69) is 5.32 Å². The molecule has 0 saturated carbocycles. The van der Waals surface area contributed by atoms with Crippen LogP contribution in [0.1, 0.15) is 12.7 Å². The van der Waals surface area contributed by atoms with E-state index in [1.165, 1.54) is 4.90 Å². The molecule has 2 amide bonds. The second-order valence-corrected chi connectivity index (χ2v) is 4.78. The van der Waals surface area contributed by atoms with Gasteiger partial charge in [-0.1, -0.05) is 0 Å². The molecule has 1 aliphatic rings. The second kappa shape index (κ2) is 6.42. The van der Waals surface area contributed by atoms with Crippen molar-refractivity contribution in [1.29, 1.82) is 0 Å². The standard InChI is InChI=1S/C13H18N2O5/c1-9(7-10-3-2-5-19-10)14-13(18)15-4-6-20-11(8-15)12(16)17/h2-3,5,9,11H,4,6-8H2,1H3,(H,14,18)(H,16,17). The number of ether oxygens (including phenoxy) is 1. The lowest BCUT2D eigenvalue weighted by Crippen LogP contribution is -2.53. The SMILES string of the molecule is CC(Cc1ccco1)NC(=O)N1CCOC(C(=O)O)C1. The van der Waals surface area contributed by atoms with Gasteiger partial charge in [0.1, 0.15) is 5.76 Å². The Kier molecular flexibility index (Phi) is 4.62. The van der Waals surface area contributed by atoms with E-state index in [-0.39, 0.29) is 25.2 Å². The van der Waals surface area contributed by atoms with Crippen LogP contribution in [0.4, 0.5) is 4.79 Å². The summed E-state index contributed by atoms with van der Waals surface area (Å²) in [6, 6.07) is 3.26. The molecule has 2 heterocycles. The molecule has 1 aliphatic heterocycles. The quantitative estimate of drug-likeness (QED) is 0.848. The number of morpholine rings is 1. The van der Waals surface area contributed by atoms with Crippen LogP contribution in [0.5, 0.6) is 0 Å². The van der Waals surface area contributed by atoms with Crippen molar-refractivity contribution in [1.82, 2.24) is 10.2 Å². The Bertz CT molecular complexity index is 459. The molecule has 110 valence electrons. The first-order valence-corrected chi connectivity index (χ1v) is 6.48. The molecular formula is C13H18N2O5. The van der Waals surface area contributed by atoms with Gasteiger partial charge in [-0.25, -0.2) is 9.59 Å². The van der Waals surface area contributed by atoms with Gasteiger partial charge in [0, 0.05) is 19.0 Å². The van der Waals surface area contributed by atoms with Crippen LogP contribution >= 0.6 is 0 Å². The maximum atomic E-state index is 12.0. The number of carboxylic acids is 1. The number of hydrogen-bond acceptors (Lipinski definition) is 4. The first-order chi connectivity index (χ1) is 9.56. The maximum Gasteiger partial charge on any atom is 0.334 e. The third kappa shape index (κ3) is 3.74. The topological polar surface area (TPSA) is 92.0 Å². The van der Waals surface area contributed by atoms with Gasteiger partial charge in [-0.15, -0.1) is 0 Å². The van der Waals surface area contributed by atoms with Crippen LogP contribution in [0.2, 0.25) is 0 Å². The minimum absolute atomic E-state index is 0.0641. The molecule has 0 bridgehead atoms. The van der Waals surface area contributed by atoms with E-state index >= 15 is 0 Å². The van der Waals surface area contributed by atoms with Gasteiger partial charge < -0.3 is 24.5 Å². The van der Waals surface area contributed by atoms with Gasteiger partial charge >= 0.3 is 12.0 Å². The number of carboxylic acid groups (broad SMARTS) is 1. The molecule has 20 heavy (non-hydrogen) atoms. The molecule has 1 fully saturated rings. The molecule has 0 spiro atoms. The third-order valence-corrected chi connectivity index (χ3v) is 3.09. The predicted octanol–water partition coefficient (Wildman–Crippen LogP) is 0.706. The number of nitrogens with one attached hydrogen (secondary N) is 1. The zero-order valence-corrected chi connectivity index (χ0v) is 11.2. The van der Waals surface area contributed by atoms with E-state index in [0.29, 0.717) is 13.0 Å². The molecule has 0 aromatic carbocycles. The van der Waals surface area contributed by atoms with Crippen molar-refractivity contribution >= 4 is 12.0 Å². The summed E-state index contributed by atoms with van der Waals surface area (Å²) >= 11 is 0. The highest BCUT2D eigenvalue weighted by Crippen LogP contribution is 2.08. The fourth-order valence-corrected chi connectivity index (χ4v) is 2.07. The Labute approximate surface area is 116 Å². The molecular weight excluding hydrogens is 264 g/mol. The van der Waals surface area contributed by atoms with Crippen LogP contribution in [0.3, 0.4) is 0 Å². The number of nitrogens with zero attached hydrogens (tertiary/aromatic N) is 1. The first kappa shape index (κ1) is 14.4. The number of amides is 2. The van der Waals surface area contributed by atoms with Crippen LogP contribution in [0, 0.1) is 0 Å². The predicted molar refractivity (Wildman–Crippen MR) is 69.4 cm³/mol. The largest absolute Gasteiger partial charge is 0.479 e. The van der Waals surface area contributed by atoms with Gasteiger partial charge in [-0.05, 0) is 19.1 Å². The number of hydrogen-bond donors (Lipinski definition) is 2. The van der Waals surface area contributed by atoms with Gasteiger partial charge in [-0.2, -0.15) is 0 Å². The Balaban J connectivity index is 1.83. The van der Waals surface area contributed by atoms with Crippen LogP contribution in [-0.4, -0.2) is 53.8 Å². The van der Waals surface area contributed by atoms with Crippen molar-refractivity contribution in [2.75, 3.05) is 19.7 Å². The van der Waals surface area contributed by atoms with Gasteiger partial charge in [0.25, 0.3) is 0 Å². The van der Waals surface area contributed by atoms with Crippen molar-refractivity contribution in [3.63, 3.8) is 0 Å². The summed E-state index contributed by atoms with van der Waals surface area (Å²) in [6.07, 6.45) is 1.23. The number of furan rings is 1. The van der Waals surface area contributed by atoms with Gasteiger partial charge in [0.05, 0.1) is 19.4 Å². The monoisotopic (exact) mass is 282 g/mol. The third-order valence-electron chi connectivity index (χ3n) is 3.09. The summed E-state index contributed by atoms with van der Waals surface area (Å²) in [4.78, 5) is 24.4. The van der Waals surface area contributed by atoms with Crippen molar-refractivity contribution in [2.24, 2.45) is 0 Å². The smallest absolute Gasteiger partial charge is 0.334 e. The normalized spacial score (nSPS) is 20.4. The molecule has 7 nitrogen and oxygen atoms in total. The lowest BCUT2D eigenvalue weighted by molar-refractivity contribution is -0.154. The second-order valence-electron chi connectivity index (χ2n) is 4.78. The summed E-state index contributed by atoms with van der Waals surface area (Å²) in [5.74, 6) is -0.255. The fourth-order valence-electron chi connectivity index (χ4n) is 2.07. The molecule has 2 rings (SSSR count). The molecule has 7 heteroatoms. The van der Waals surface area contributed by atoms with Crippen LogP contribution in [0.15, 0.2) is 22.8 Å². The van der Waals surface area contributed by atoms with E-state index in [4.69, 9.17) is 14.3 Å². The average Bonchev–Trinajstić information content (AvgIpc) is 2.91. The van der Waals surface area contributed by atoms with Crippen molar-refractivity contribution in [3.05, 3.63) is 24.2 Å². The highest BCUT2D eigenvalue weighted by Gasteiger charge is 2.29. The number of carbonyl (C=O) groups is 2. The number of rotatable bonds is 4. The number of carbonyl (C=O) groups excluding carboxylic acids is 1. The van der Waals surface area contributed by atoms with E-state index in [0.717, 1.165) is 5.76 Å². The minimum Gasteiger partial charge on any atom is -0.479 e. The van der Waals surface area contributed by atoms with Crippen molar-refractivity contribution in [3.8, 4) is 0 Å². The lowest BCUT2D eigenvalue weighted by atomic mass is 10.2. The molecule has 2 N–H and O–H groups in total. The van der Waals surface area contributed by atoms with Crippen LogP contribution < -0.4 is 5.32 Å². The van der Waals surface area contributed by atoms with Crippen LogP contribution in [0.25, 0.3) is 0 Å². The minimum atomic E-state index is -1.05. The van der Waals surface area contributed by atoms with E-state index in [1.807, 2.05) is 13.0 Å². The van der Waals surface area contributed by atoms with E-state index in [9.17, 15) is 9.59 Å². The molecule has 0 radical (unpaired) electrons. The fraction of sp³-hybridized carbons (Fsp3) is 0.538. The van der Waals surface area contributed by atoms with E-state index in [1.54, 1.807) is 12.3 Å². The molecule has 2 atom stereocenters. The number of urea groups is 1. The summed E-state index contributed by atoms with van der Waals surface area (Å²) < 4.78 is 10.3. The number of aliphatic carboxylic acids is 1. The van der Waals surface area contributed by atoms with Gasteiger partial charge in [-0.3, -0.25) is 0 Å². The molecule has 1 saturated heterocycles. The van der Waals surface area contributed by atoms with Crippen molar-refractivity contribution < 1.29 is 23.8 Å². The Morgan fingerprint density at radius 3 is 3.05 bits per heavy atom. The Morgan fingerprint density at radius 2 is 2.40 bits per heavy atom. The first-order valence-electron chi connectivity index (χ1n) is 6.48.